The Labute approximate surface area is 127 Å². The van der Waals surface area contributed by atoms with E-state index in [4.69, 9.17) is 12.2 Å². The number of rotatable bonds is 2. The van der Waals surface area contributed by atoms with Crippen molar-refractivity contribution in [2.24, 2.45) is 0 Å². The van der Waals surface area contributed by atoms with Gasteiger partial charge in [0.25, 0.3) is 10.0 Å². The molecule has 0 saturated carbocycles. The van der Waals surface area contributed by atoms with Crippen LogP contribution in [0.1, 0.15) is 0 Å². The summed E-state index contributed by atoms with van der Waals surface area (Å²) < 4.78 is 27.2. The van der Waals surface area contributed by atoms with Crippen LogP contribution < -0.4 is 0 Å². The fourth-order valence-corrected chi connectivity index (χ4v) is 3.46. The topological polar surface area (TPSA) is 80.6 Å². The first-order chi connectivity index (χ1) is 9.50. The average molecular weight is 371 g/mol. The van der Waals surface area contributed by atoms with Gasteiger partial charge in [-0.05, 0) is 24.3 Å². The molecule has 3 rings (SSSR count). The zero-order valence-corrected chi connectivity index (χ0v) is 13.0. The third kappa shape index (κ3) is 2.07. The summed E-state index contributed by atoms with van der Waals surface area (Å²) in [5, 5.41) is 0. The zero-order chi connectivity index (χ0) is 14.3. The van der Waals surface area contributed by atoms with Crippen molar-refractivity contribution in [1.82, 2.24) is 18.9 Å². The van der Waals surface area contributed by atoms with Crippen molar-refractivity contribution in [3.8, 4) is 0 Å². The minimum atomic E-state index is -3.73. The number of fused-ring (bicyclic) bond motifs is 1. The highest BCUT2D eigenvalue weighted by molar-refractivity contribution is 9.10. The lowest BCUT2D eigenvalue weighted by molar-refractivity contribution is 0.588. The molecular formula is C11H7BrN4O2S2. The minimum absolute atomic E-state index is 0.163. The second-order valence-electron chi connectivity index (χ2n) is 3.90. The lowest BCUT2D eigenvalue weighted by atomic mass is 10.4. The summed E-state index contributed by atoms with van der Waals surface area (Å²) in [7, 11) is -3.73. The number of aromatic amines is 1. The second-order valence-corrected chi connectivity index (χ2v) is 7.02. The molecule has 0 aliphatic carbocycles. The Hall–Kier alpha value is -1.58. The standard InChI is InChI=1S/C11H7BrN4O2S2/c12-7-1-3-8(4-2-7)20(17,18)16-6-15-9-10(16)13-5-14-11(9)19/h1-6H,(H,13,14,19). The molecule has 102 valence electrons. The smallest absolute Gasteiger partial charge is 0.270 e. The third-order valence-electron chi connectivity index (χ3n) is 2.69. The summed E-state index contributed by atoms with van der Waals surface area (Å²) >= 11 is 8.28. The number of nitrogens with one attached hydrogen (secondary N) is 1. The monoisotopic (exact) mass is 370 g/mol. The van der Waals surface area contributed by atoms with Crippen molar-refractivity contribution in [2.75, 3.05) is 0 Å². The van der Waals surface area contributed by atoms with E-state index in [1.165, 1.54) is 24.8 Å². The van der Waals surface area contributed by atoms with Crippen molar-refractivity contribution in [3.63, 3.8) is 0 Å². The molecule has 3 aromatic rings. The Morgan fingerprint density at radius 1 is 1.20 bits per heavy atom. The average Bonchev–Trinajstić information content (AvgIpc) is 2.85. The molecule has 1 N–H and O–H groups in total. The highest BCUT2D eigenvalue weighted by Gasteiger charge is 2.20. The van der Waals surface area contributed by atoms with E-state index in [2.05, 4.69) is 30.9 Å². The van der Waals surface area contributed by atoms with Gasteiger partial charge in [0.15, 0.2) is 10.3 Å². The highest BCUT2D eigenvalue weighted by atomic mass is 79.9. The first-order valence-electron chi connectivity index (χ1n) is 5.42. The van der Waals surface area contributed by atoms with Crippen LogP contribution in [0.2, 0.25) is 0 Å². The van der Waals surface area contributed by atoms with Crippen molar-refractivity contribution in [1.29, 1.82) is 0 Å². The van der Waals surface area contributed by atoms with Crippen LogP contribution in [-0.2, 0) is 10.0 Å². The second kappa shape index (κ2) is 4.76. The van der Waals surface area contributed by atoms with Crippen molar-refractivity contribution in [2.45, 2.75) is 4.90 Å². The van der Waals surface area contributed by atoms with Crippen LogP contribution in [0.25, 0.3) is 11.2 Å². The molecule has 0 amide bonds. The van der Waals surface area contributed by atoms with Crippen molar-refractivity contribution >= 4 is 49.3 Å². The molecule has 0 aliphatic rings. The molecule has 0 aliphatic heterocycles. The van der Waals surface area contributed by atoms with Gasteiger partial charge in [-0.1, -0.05) is 28.1 Å². The van der Waals surface area contributed by atoms with Crippen LogP contribution in [0.15, 0.2) is 46.3 Å². The third-order valence-corrected chi connectivity index (χ3v) is 5.18. The Kier molecular flexibility index (Phi) is 3.19. The Morgan fingerprint density at radius 2 is 1.90 bits per heavy atom. The molecular weight excluding hydrogens is 364 g/mol. The Bertz CT molecular complexity index is 944. The van der Waals surface area contributed by atoms with E-state index >= 15 is 0 Å². The lowest BCUT2D eigenvalue weighted by Crippen LogP contribution is -2.12. The van der Waals surface area contributed by atoms with Gasteiger partial charge in [-0.3, -0.25) is 0 Å². The molecule has 0 atom stereocenters. The first-order valence-corrected chi connectivity index (χ1v) is 8.06. The predicted octanol–water partition coefficient (Wildman–Crippen LogP) is 2.49. The molecule has 1 aromatic carbocycles. The molecule has 0 fully saturated rings. The quantitative estimate of drug-likeness (QED) is 0.700. The number of nitrogens with zero attached hydrogens (tertiary/aromatic N) is 3. The molecule has 2 aromatic heterocycles. The molecule has 0 radical (unpaired) electrons. The summed E-state index contributed by atoms with van der Waals surface area (Å²) in [5.41, 5.74) is 0.649. The summed E-state index contributed by atoms with van der Waals surface area (Å²) in [6, 6.07) is 6.35. The normalized spacial score (nSPS) is 11.8. The number of hydrogen-bond donors (Lipinski definition) is 1. The van der Waals surface area contributed by atoms with E-state index in [9.17, 15) is 8.42 Å². The maximum absolute atomic E-state index is 12.6. The number of halogens is 1. The van der Waals surface area contributed by atoms with E-state index in [0.717, 1.165) is 8.45 Å². The number of hydrogen-bond acceptors (Lipinski definition) is 5. The van der Waals surface area contributed by atoms with Crippen LogP contribution in [0, 0.1) is 4.64 Å². The van der Waals surface area contributed by atoms with Gasteiger partial charge in [0, 0.05) is 4.47 Å². The molecule has 9 heteroatoms. The molecule has 6 nitrogen and oxygen atoms in total. The molecule has 0 saturated heterocycles. The van der Waals surface area contributed by atoms with E-state index in [0.29, 0.717) is 11.2 Å². The number of aromatic nitrogens is 4. The maximum Gasteiger partial charge on any atom is 0.270 e. The van der Waals surface area contributed by atoms with Crippen LogP contribution in [0.5, 0.6) is 0 Å². The predicted molar refractivity (Wildman–Crippen MR) is 79.4 cm³/mol. The molecule has 0 unspecified atom stereocenters. The van der Waals surface area contributed by atoms with Crippen molar-refractivity contribution < 1.29 is 8.42 Å². The van der Waals surface area contributed by atoms with Gasteiger partial charge in [-0.25, -0.2) is 22.4 Å². The largest absolute Gasteiger partial charge is 0.330 e. The zero-order valence-electron chi connectivity index (χ0n) is 9.82. The summed E-state index contributed by atoms with van der Waals surface area (Å²) in [6.45, 7) is 0. The first kappa shape index (κ1) is 13.4. The van der Waals surface area contributed by atoms with E-state index in [1.807, 2.05) is 0 Å². The number of benzene rings is 1. The molecule has 0 spiro atoms. The minimum Gasteiger partial charge on any atom is -0.330 e. The fraction of sp³-hybridized carbons (Fsp3) is 0. The van der Waals surface area contributed by atoms with E-state index < -0.39 is 10.0 Å². The van der Waals surface area contributed by atoms with Gasteiger partial charge in [-0.15, -0.1) is 0 Å². The molecule has 0 bridgehead atoms. The van der Waals surface area contributed by atoms with Crippen LogP contribution >= 0.6 is 28.1 Å². The molecule has 20 heavy (non-hydrogen) atoms. The van der Waals surface area contributed by atoms with Crippen LogP contribution in [-0.4, -0.2) is 27.3 Å². The number of H-pyrrole nitrogens is 1. The summed E-state index contributed by atoms with van der Waals surface area (Å²) in [4.78, 5) is 10.8. The Morgan fingerprint density at radius 3 is 2.60 bits per heavy atom. The summed E-state index contributed by atoms with van der Waals surface area (Å²) in [6.07, 6.45) is 2.57. The van der Waals surface area contributed by atoms with Gasteiger partial charge < -0.3 is 4.98 Å². The fourth-order valence-electron chi connectivity index (χ4n) is 1.74. The number of imidazole rings is 1. The van der Waals surface area contributed by atoms with Gasteiger partial charge in [0.1, 0.15) is 11.8 Å². The Balaban J connectivity index is 2.27. The maximum atomic E-state index is 12.6. The van der Waals surface area contributed by atoms with Gasteiger partial charge >= 0.3 is 0 Å². The molecule has 2 heterocycles. The van der Waals surface area contributed by atoms with Crippen LogP contribution in [0.4, 0.5) is 0 Å². The summed E-state index contributed by atoms with van der Waals surface area (Å²) in [5.74, 6) is 0. The lowest BCUT2D eigenvalue weighted by Gasteiger charge is -2.06. The SMILES string of the molecule is O=S(=O)(c1ccc(Br)cc1)n1cnc2c(=S)nc[nH]c21. The van der Waals surface area contributed by atoms with Gasteiger partial charge in [0.05, 0.1) is 11.2 Å². The van der Waals surface area contributed by atoms with Crippen LogP contribution in [0.3, 0.4) is 0 Å². The van der Waals surface area contributed by atoms with E-state index in [1.54, 1.807) is 12.1 Å². The van der Waals surface area contributed by atoms with Crippen molar-refractivity contribution in [3.05, 3.63) is 46.0 Å². The van der Waals surface area contributed by atoms with Gasteiger partial charge in [-0.2, -0.15) is 0 Å². The highest BCUT2D eigenvalue weighted by Crippen LogP contribution is 2.20. The van der Waals surface area contributed by atoms with E-state index in [-0.39, 0.29) is 9.54 Å². The van der Waals surface area contributed by atoms with Gasteiger partial charge in [0.2, 0.25) is 0 Å².